The van der Waals surface area contributed by atoms with E-state index >= 15 is 0 Å². The summed E-state index contributed by atoms with van der Waals surface area (Å²) >= 11 is 0. The van der Waals surface area contributed by atoms with E-state index in [0.29, 0.717) is 18.5 Å². The summed E-state index contributed by atoms with van der Waals surface area (Å²) in [5, 5.41) is 0. The molecule has 0 spiro atoms. The largest absolute Gasteiger partial charge is 0.342 e. The van der Waals surface area contributed by atoms with Crippen molar-refractivity contribution < 1.29 is 4.79 Å². The monoisotopic (exact) mass is 301 g/mol. The highest BCUT2D eigenvalue weighted by atomic mass is 16.2. The van der Waals surface area contributed by atoms with Gasteiger partial charge in [-0.25, -0.2) is 0 Å². The van der Waals surface area contributed by atoms with Crippen molar-refractivity contribution in [2.24, 2.45) is 0 Å². The highest BCUT2D eigenvalue weighted by Gasteiger charge is 2.27. The molecule has 3 heterocycles. The fourth-order valence-corrected chi connectivity index (χ4v) is 3.73. The molecule has 2 saturated heterocycles. The zero-order valence-corrected chi connectivity index (χ0v) is 13.4. The normalized spacial score (nSPS) is 22.9. The molecule has 0 unspecified atom stereocenters. The number of amides is 1. The first-order chi connectivity index (χ1) is 10.8. The summed E-state index contributed by atoms with van der Waals surface area (Å²) in [6, 6.07) is 4.76. The van der Waals surface area contributed by atoms with Crippen LogP contribution in [0.25, 0.3) is 0 Å². The van der Waals surface area contributed by atoms with Crippen molar-refractivity contribution in [3.63, 3.8) is 0 Å². The Morgan fingerprint density at radius 1 is 1.09 bits per heavy atom. The molecule has 1 amide bonds. The van der Waals surface area contributed by atoms with Crippen LogP contribution in [0.2, 0.25) is 0 Å². The number of hydrogen-bond acceptors (Lipinski definition) is 3. The standard InChI is InChI=1S/C18H27N3O/c22-18(20-12-2-1-3-13-20)15-21-14-4-5-17(21)7-6-16-8-10-19-11-9-16/h8-11,17H,1-7,12-15H2/t17-/m1/s1. The molecule has 0 saturated carbocycles. The van der Waals surface area contributed by atoms with E-state index in [1.54, 1.807) is 0 Å². The number of nitrogens with zero attached hydrogens (tertiary/aromatic N) is 3. The van der Waals surface area contributed by atoms with Crippen molar-refractivity contribution in [2.45, 2.75) is 51.0 Å². The van der Waals surface area contributed by atoms with Gasteiger partial charge in [-0.05, 0) is 69.2 Å². The summed E-state index contributed by atoms with van der Waals surface area (Å²) in [6.45, 7) is 3.64. The van der Waals surface area contributed by atoms with Gasteiger partial charge in [0.1, 0.15) is 0 Å². The second kappa shape index (κ2) is 7.73. The Labute approximate surface area is 133 Å². The van der Waals surface area contributed by atoms with Crippen LogP contribution in [-0.4, -0.2) is 52.9 Å². The number of pyridine rings is 1. The van der Waals surface area contributed by atoms with Gasteiger partial charge in [0.05, 0.1) is 6.54 Å². The molecule has 4 heteroatoms. The minimum atomic E-state index is 0.343. The summed E-state index contributed by atoms with van der Waals surface area (Å²) in [4.78, 5) is 21.0. The van der Waals surface area contributed by atoms with Crippen molar-refractivity contribution in [1.29, 1.82) is 0 Å². The molecule has 0 aromatic carbocycles. The number of aromatic nitrogens is 1. The van der Waals surface area contributed by atoms with Crippen LogP contribution in [0.15, 0.2) is 24.5 Å². The molecule has 0 bridgehead atoms. The Bertz CT molecular complexity index is 470. The number of hydrogen-bond donors (Lipinski definition) is 0. The van der Waals surface area contributed by atoms with Gasteiger partial charge in [-0.15, -0.1) is 0 Å². The van der Waals surface area contributed by atoms with Crippen molar-refractivity contribution in [1.82, 2.24) is 14.8 Å². The molecule has 0 radical (unpaired) electrons. The summed E-state index contributed by atoms with van der Waals surface area (Å²) in [5.41, 5.74) is 1.35. The maximum atomic E-state index is 12.4. The lowest BCUT2D eigenvalue weighted by Gasteiger charge is -2.30. The van der Waals surface area contributed by atoms with Gasteiger partial charge in [0, 0.05) is 31.5 Å². The Hall–Kier alpha value is -1.42. The first-order valence-corrected chi connectivity index (χ1v) is 8.73. The third kappa shape index (κ3) is 4.07. The molecule has 120 valence electrons. The molecule has 22 heavy (non-hydrogen) atoms. The summed E-state index contributed by atoms with van der Waals surface area (Å²) < 4.78 is 0. The summed E-state index contributed by atoms with van der Waals surface area (Å²) in [6.07, 6.45) is 12.1. The van der Waals surface area contributed by atoms with Crippen molar-refractivity contribution in [2.75, 3.05) is 26.2 Å². The topological polar surface area (TPSA) is 36.4 Å². The third-order valence-electron chi connectivity index (χ3n) is 5.06. The molecular formula is C18H27N3O. The van der Waals surface area contributed by atoms with Crippen LogP contribution in [0.4, 0.5) is 0 Å². The number of likely N-dealkylation sites (tertiary alicyclic amines) is 2. The van der Waals surface area contributed by atoms with Gasteiger partial charge in [0.25, 0.3) is 0 Å². The maximum absolute atomic E-state index is 12.4. The smallest absolute Gasteiger partial charge is 0.236 e. The van der Waals surface area contributed by atoms with E-state index < -0.39 is 0 Å². The lowest BCUT2D eigenvalue weighted by Crippen LogP contribution is -2.44. The lowest BCUT2D eigenvalue weighted by molar-refractivity contribution is -0.133. The predicted octanol–water partition coefficient (Wildman–Crippen LogP) is 2.49. The molecule has 2 fully saturated rings. The van der Waals surface area contributed by atoms with Crippen LogP contribution in [-0.2, 0) is 11.2 Å². The van der Waals surface area contributed by atoms with Gasteiger partial charge in [-0.3, -0.25) is 14.7 Å². The van der Waals surface area contributed by atoms with Crippen LogP contribution < -0.4 is 0 Å². The average Bonchev–Trinajstić information content (AvgIpc) is 3.02. The molecule has 2 aliphatic rings. The zero-order valence-electron chi connectivity index (χ0n) is 13.4. The van der Waals surface area contributed by atoms with Crippen molar-refractivity contribution in [3.05, 3.63) is 30.1 Å². The van der Waals surface area contributed by atoms with Gasteiger partial charge in [0.15, 0.2) is 0 Å². The third-order valence-corrected chi connectivity index (χ3v) is 5.06. The van der Waals surface area contributed by atoms with Gasteiger partial charge in [-0.1, -0.05) is 0 Å². The number of carbonyl (C=O) groups excluding carboxylic acids is 1. The molecule has 1 aromatic rings. The molecular weight excluding hydrogens is 274 g/mol. The molecule has 1 aromatic heterocycles. The second-order valence-corrected chi connectivity index (χ2v) is 6.60. The van der Waals surface area contributed by atoms with Gasteiger partial charge >= 0.3 is 0 Å². The van der Waals surface area contributed by atoms with E-state index in [2.05, 4.69) is 26.9 Å². The Kier molecular flexibility index (Phi) is 5.43. The van der Waals surface area contributed by atoms with Gasteiger partial charge in [0.2, 0.25) is 5.91 Å². The second-order valence-electron chi connectivity index (χ2n) is 6.60. The van der Waals surface area contributed by atoms with Gasteiger partial charge < -0.3 is 4.90 Å². The van der Waals surface area contributed by atoms with E-state index in [1.807, 2.05) is 12.4 Å². The van der Waals surface area contributed by atoms with Crippen molar-refractivity contribution in [3.8, 4) is 0 Å². The molecule has 3 rings (SSSR count). The Balaban J connectivity index is 1.48. The predicted molar refractivity (Wildman–Crippen MR) is 87.6 cm³/mol. The Morgan fingerprint density at radius 2 is 1.86 bits per heavy atom. The van der Waals surface area contributed by atoms with E-state index in [9.17, 15) is 4.79 Å². The van der Waals surface area contributed by atoms with Crippen LogP contribution in [0.1, 0.15) is 44.1 Å². The first-order valence-electron chi connectivity index (χ1n) is 8.73. The molecule has 4 nitrogen and oxygen atoms in total. The average molecular weight is 301 g/mol. The highest BCUT2D eigenvalue weighted by Crippen LogP contribution is 2.22. The number of carbonyl (C=O) groups is 1. The summed E-state index contributed by atoms with van der Waals surface area (Å²) in [7, 11) is 0. The van der Waals surface area contributed by atoms with Gasteiger partial charge in [-0.2, -0.15) is 0 Å². The quantitative estimate of drug-likeness (QED) is 0.838. The lowest BCUT2D eigenvalue weighted by atomic mass is 10.0. The van der Waals surface area contributed by atoms with Crippen LogP contribution >= 0.6 is 0 Å². The number of rotatable bonds is 5. The maximum Gasteiger partial charge on any atom is 0.236 e. The van der Waals surface area contributed by atoms with E-state index in [0.717, 1.165) is 32.5 Å². The summed E-state index contributed by atoms with van der Waals surface area (Å²) in [5.74, 6) is 0.343. The minimum absolute atomic E-state index is 0.343. The fourth-order valence-electron chi connectivity index (χ4n) is 3.73. The fraction of sp³-hybridized carbons (Fsp3) is 0.667. The van der Waals surface area contributed by atoms with Crippen LogP contribution in [0.3, 0.4) is 0 Å². The molecule has 1 atom stereocenters. The molecule has 0 aliphatic carbocycles. The SMILES string of the molecule is O=C(CN1CCC[C@@H]1CCc1ccncc1)N1CCCCC1. The Morgan fingerprint density at radius 3 is 2.64 bits per heavy atom. The van der Waals surface area contributed by atoms with Crippen molar-refractivity contribution >= 4 is 5.91 Å². The number of piperidine rings is 1. The first kappa shape index (κ1) is 15.5. The minimum Gasteiger partial charge on any atom is -0.342 e. The van der Waals surface area contributed by atoms with E-state index in [4.69, 9.17) is 0 Å². The van der Waals surface area contributed by atoms with E-state index in [1.165, 1.54) is 37.7 Å². The highest BCUT2D eigenvalue weighted by molar-refractivity contribution is 5.78. The van der Waals surface area contributed by atoms with Crippen LogP contribution in [0.5, 0.6) is 0 Å². The van der Waals surface area contributed by atoms with Crippen LogP contribution in [0, 0.1) is 0 Å². The molecule has 2 aliphatic heterocycles. The molecule has 0 N–H and O–H groups in total. The zero-order chi connectivity index (χ0) is 15.2. The number of aryl methyl sites for hydroxylation is 1. The van der Waals surface area contributed by atoms with E-state index in [-0.39, 0.29) is 0 Å².